The molecule has 0 radical (unpaired) electrons. The first-order chi connectivity index (χ1) is 11.7. The lowest BCUT2D eigenvalue weighted by molar-refractivity contribution is -0.138. The molecule has 0 fully saturated rings. The van der Waals surface area contributed by atoms with Gasteiger partial charge in [-0.2, -0.15) is 13.2 Å². The third kappa shape index (κ3) is 4.75. The minimum Gasteiger partial charge on any atom is -0.166 e. The van der Waals surface area contributed by atoms with Crippen LogP contribution in [0.5, 0.6) is 0 Å². The number of alkyl halides is 3. The molecule has 0 spiro atoms. The minimum absolute atomic E-state index is 0.302. The Hall–Kier alpha value is -1.19. The molecule has 142 valence electrons. The van der Waals surface area contributed by atoms with E-state index in [2.05, 4.69) is 0 Å². The molecule has 0 unspecified atom stereocenters. The van der Waals surface area contributed by atoms with Gasteiger partial charge >= 0.3 is 6.18 Å². The van der Waals surface area contributed by atoms with Crippen LogP contribution in [0.2, 0.25) is 10.0 Å². The number of halogens is 5. The van der Waals surface area contributed by atoms with Crippen LogP contribution in [0.15, 0.2) is 36.4 Å². The molecule has 0 heterocycles. The van der Waals surface area contributed by atoms with Gasteiger partial charge in [0.15, 0.2) is 0 Å². The summed E-state index contributed by atoms with van der Waals surface area (Å²) in [7, 11) is 0. The zero-order valence-corrected chi connectivity index (χ0v) is 17.1. The van der Waals surface area contributed by atoms with Crippen LogP contribution >= 0.6 is 23.2 Å². The fraction of sp³-hybridized carbons (Fsp3) is 0.429. The zero-order chi connectivity index (χ0) is 19.9. The van der Waals surface area contributed by atoms with Crippen molar-refractivity contribution in [3.8, 4) is 0 Å². The number of benzene rings is 2. The maximum Gasteiger partial charge on any atom is 0.416 e. The summed E-state index contributed by atoms with van der Waals surface area (Å²) < 4.78 is 40.8. The van der Waals surface area contributed by atoms with Crippen molar-refractivity contribution >= 4 is 23.2 Å². The van der Waals surface area contributed by atoms with E-state index in [0.717, 1.165) is 5.56 Å². The van der Waals surface area contributed by atoms with Crippen molar-refractivity contribution in [2.24, 2.45) is 0 Å². The summed E-state index contributed by atoms with van der Waals surface area (Å²) in [5, 5.41) is 1.05. The third-order valence-electron chi connectivity index (χ3n) is 4.50. The highest BCUT2D eigenvalue weighted by Crippen LogP contribution is 2.40. The molecule has 0 aliphatic carbocycles. The van der Waals surface area contributed by atoms with Crippen molar-refractivity contribution in [2.75, 3.05) is 0 Å². The predicted molar refractivity (Wildman–Crippen MR) is 103 cm³/mol. The van der Waals surface area contributed by atoms with Gasteiger partial charge in [-0.3, -0.25) is 0 Å². The quantitative estimate of drug-likeness (QED) is 0.490. The first-order valence-electron chi connectivity index (χ1n) is 8.38. The van der Waals surface area contributed by atoms with E-state index in [0.29, 0.717) is 27.6 Å². The smallest absolute Gasteiger partial charge is 0.166 e. The van der Waals surface area contributed by atoms with E-state index >= 15 is 0 Å². The average Bonchev–Trinajstić information content (AvgIpc) is 2.44. The van der Waals surface area contributed by atoms with E-state index in [9.17, 15) is 13.2 Å². The molecule has 0 atom stereocenters. The fourth-order valence-electron chi connectivity index (χ4n) is 3.23. The first-order valence-corrected chi connectivity index (χ1v) is 9.13. The molecule has 0 N–H and O–H groups in total. The van der Waals surface area contributed by atoms with Crippen LogP contribution < -0.4 is 0 Å². The van der Waals surface area contributed by atoms with Gasteiger partial charge in [0.25, 0.3) is 0 Å². The van der Waals surface area contributed by atoms with Crippen LogP contribution in [0, 0.1) is 0 Å². The van der Waals surface area contributed by atoms with Crippen molar-refractivity contribution in [2.45, 2.75) is 58.0 Å². The molecule has 0 amide bonds. The van der Waals surface area contributed by atoms with Crippen LogP contribution in [-0.2, 0) is 23.4 Å². The van der Waals surface area contributed by atoms with E-state index in [-0.39, 0.29) is 0 Å². The van der Waals surface area contributed by atoms with Gasteiger partial charge in [-0.15, -0.1) is 0 Å². The molecule has 0 saturated heterocycles. The monoisotopic (exact) mass is 402 g/mol. The van der Waals surface area contributed by atoms with E-state index in [1.54, 1.807) is 45.0 Å². The van der Waals surface area contributed by atoms with Crippen molar-refractivity contribution in [3.63, 3.8) is 0 Å². The van der Waals surface area contributed by atoms with Gasteiger partial charge in [-0.1, -0.05) is 76.0 Å². The summed E-state index contributed by atoms with van der Waals surface area (Å²) in [5.74, 6) is 0. The van der Waals surface area contributed by atoms with Crippen LogP contribution in [0.25, 0.3) is 0 Å². The second-order valence-electron chi connectivity index (χ2n) is 8.31. The van der Waals surface area contributed by atoms with Gasteiger partial charge in [0.2, 0.25) is 0 Å². The fourth-order valence-corrected chi connectivity index (χ4v) is 3.90. The summed E-state index contributed by atoms with van der Waals surface area (Å²) in [6.07, 6.45) is -3.96. The molecule has 2 rings (SSSR count). The summed E-state index contributed by atoms with van der Waals surface area (Å²) >= 11 is 12.3. The highest BCUT2D eigenvalue weighted by molar-refractivity contribution is 6.35. The predicted octanol–water partition coefficient (Wildman–Crippen LogP) is 7.83. The van der Waals surface area contributed by atoms with E-state index in [4.69, 9.17) is 23.2 Å². The van der Waals surface area contributed by atoms with Crippen LogP contribution in [-0.4, -0.2) is 0 Å². The van der Waals surface area contributed by atoms with Gasteiger partial charge in [-0.05, 0) is 52.1 Å². The molecule has 0 saturated carbocycles. The second kappa shape index (κ2) is 7.09. The second-order valence-corrected chi connectivity index (χ2v) is 9.16. The Morgan fingerprint density at radius 3 is 1.85 bits per heavy atom. The molecule has 0 nitrogen and oxygen atoms in total. The lowest BCUT2D eigenvalue weighted by Crippen LogP contribution is -2.23. The maximum atomic E-state index is 13.6. The average molecular weight is 403 g/mol. The summed E-state index contributed by atoms with van der Waals surface area (Å²) in [5.41, 5.74) is 0.196. The summed E-state index contributed by atoms with van der Waals surface area (Å²) in [6, 6.07) is 9.88. The van der Waals surface area contributed by atoms with Gasteiger partial charge in [0.05, 0.1) is 5.56 Å². The standard InChI is InChI=1S/C21H23Cl2F3/c1-19(2,3)15-8-6-13(10-17(15)21(24,25)26)12-20(4,5)16-9-7-14(22)11-18(16)23/h6-11H,12H2,1-5H3. The van der Waals surface area contributed by atoms with Crippen LogP contribution in [0.1, 0.15) is 56.9 Å². The first kappa shape index (κ1) is 21.1. The summed E-state index contributed by atoms with van der Waals surface area (Å²) in [6.45, 7) is 9.29. The van der Waals surface area contributed by atoms with E-state index in [1.165, 1.54) is 6.07 Å². The van der Waals surface area contributed by atoms with Crippen molar-refractivity contribution in [1.82, 2.24) is 0 Å². The lowest BCUT2D eigenvalue weighted by Gasteiger charge is -2.29. The topological polar surface area (TPSA) is 0 Å². The lowest BCUT2D eigenvalue weighted by atomic mass is 9.77. The van der Waals surface area contributed by atoms with E-state index in [1.807, 2.05) is 19.9 Å². The van der Waals surface area contributed by atoms with Gasteiger partial charge in [0.1, 0.15) is 0 Å². The van der Waals surface area contributed by atoms with Gasteiger partial charge in [0, 0.05) is 10.0 Å². The zero-order valence-electron chi connectivity index (χ0n) is 15.6. The Balaban J connectivity index is 2.46. The van der Waals surface area contributed by atoms with Crippen molar-refractivity contribution in [1.29, 1.82) is 0 Å². The molecule has 5 heteroatoms. The van der Waals surface area contributed by atoms with Crippen molar-refractivity contribution in [3.05, 3.63) is 68.7 Å². The normalized spacial score (nSPS) is 13.2. The van der Waals surface area contributed by atoms with E-state index < -0.39 is 22.6 Å². The Morgan fingerprint density at radius 2 is 1.35 bits per heavy atom. The summed E-state index contributed by atoms with van der Waals surface area (Å²) in [4.78, 5) is 0. The maximum absolute atomic E-state index is 13.6. The number of hydrogen-bond acceptors (Lipinski definition) is 0. The minimum atomic E-state index is -4.39. The van der Waals surface area contributed by atoms with Crippen molar-refractivity contribution < 1.29 is 13.2 Å². The molecule has 2 aromatic carbocycles. The number of hydrogen-bond donors (Lipinski definition) is 0. The molecule has 26 heavy (non-hydrogen) atoms. The van der Waals surface area contributed by atoms with Gasteiger partial charge < -0.3 is 0 Å². The molecule has 2 aromatic rings. The van der Waals surface area contributed by atoms with Crippen LogP contribution in [0.4, 0.5) is 13.2 Å². The molecule has 0 bridgehead atoms. The highest BCUT2D eigenvalue weighted by Gasteiger charge is 2.37. The van der Waals surface area contributed by atoms with Gasteiger partial charge in [-0.25, -0.2) is 0 Å². The Labute approximate surface area is 163 Å². The van der Waals surface area contributed by atoms with Crippen LogP contribution in [0.3, 0.4) is 0 Å². The third-order valence-corrected chi connectivity index (χ3v) is 5.05. The molecule has 0 aliphatic rings. The molecule has 0 aliphatic heterocycles. The molecule has 0 aromatic heterocycles. The Bertz CT molecular complexity index is 800. The highest BCUT2D eigenvalue weighted by atomic mass is 35.5. The molecular formula is C21H23Cl2F3. The number of rotatable bonds is 3. The largest absolute Gasteiger partial charge is 0.416 e. The molecular weight excluding hydrogens is 380 g/mol. The Kier molecular flexibility index (Phi) is 5.76. The Morgan fingerprint density at radius 1 is 0.769 bits per heavy atom. The SMILES string of the molecule is CC(C)(C)c1ccc(CC(C)(C)c2ccc(Cl)cc2Cl)cc1C(F)(F)F.